The second-order valence-corrected chi connectivity index (χ2v) is 13.3. The molecule has 0 aliphatic rings. The van der Waals surface area contributed by atoms with Crippen LogP contribution in [-0.2, 0) is 20.7 Å². The number of nitrogens with zero attached hydrogens (tertiary/aromatic N) is 1. The third-order valence-electron chi connectivity index (χ3n) is 7.72. The summed E-state index contributed by atoms with van der Waals surface area (Å²) in [6, 6.07) is 14.2. The van der Waals surface area contributed by atoms with Crippen molar-refractivity contribution in [3.8, 4) is 11.5 Å². The lowest BCUT2D eigenvalue weighted by atomic mass is 9.98. The average molecular weight is 666 g/mol. The molecule has 2 atom stereocenters. The van der Waals surface area contributed by atoms with Gasteiger partial charge in [-0.15, -0.1) is 0 Å². The summed E-state index contributed by atoms with van der Waals surface area (Å²) in [6.07, 6.45) is 3.83. The van der Waals surface area contributed by atoms with Crippen molar-refractivity contribution < 1.29 is 29.3 Å². The second kappa shape index (κ2) is 17.1. The zero-order valence-electron chi connectivity index (χ0n) is 28.2. The molecular formula is C37H48ClN3O6. The summed E-state index contributed by atoms with van der Waals surface area (Å²) < 4.78 is 5.52. The number of phenols is 2. The molecule has 0 spiro atoms. The van der Waals surface area contributed by atoms with Gasteiger partial charge >= 0.3 is 6.09 Å². The van der Waals surface area contributed by atoms with Crippen LogP contribution < -0.4 is 10.6 Å². The highest BCUT2D eigenvalue weighted by Crippen LogP contribution is 2.32. The number of anilines is 1. The topological polar surface area (TPSA) is 128 Å². The lowest BCUT2D eigenvalue weighted by molar-refractivity contribution is -0.140. The zero-order chi connectivity index (χ0) is 34.7. The number of unbranched alkanes of at least 4 members (excludes halogenated alkanes) is 4. The van der Waals surface area contributed by atoms with Gasteiger partial charge in [0.1, 0.15) is 29.2 Å². The van der Waals surface area contributed by atoms with Crippen LogP contribution in [0.5, 0.6) is 11.5 Å². The number of halogens is 1. The molecule has 3 aromatic rings. The van der Waals surface area contributed by atoms with E-state index in [9.17, 15) is 24.6 Å². The van der Waals surface area contributed by atoms with E-state index in [0.29, 0.717) is 33.8 Å². The van der Waals surface area contributed by atoms with Crippen molar-refractivity contribution in [3.63, 3.8) is 0 Å². The number of rotatable bonds is 14. The molecule has 0 fully saturated rings. The molecule has 10 heteroatoms. The molecule has 0 aromatic heterocycles. The Labute approximate surface area is 283 Å². The zero-order valence-corrected chi connectivity index (χ0v) is 29.0. The molecule has 4 N–H and O–H groups in total. The van der Waals surface area contributed by atoms with E-state index < -0.39 is 35.6 Å². The predicted molar refractivity (Wildman–Crippen MR) is 186 cm³/mol. The maximum Gasteiger partial charge on any atom is 0.408 e. The van der Waals surface area contributed by atoms with Crippen LogP contribution in [0.25, 0.3) is 0 Å². The van der Waals surface area contributed by atoms with Crippen molar-refractivity contribution in [2.45, 2.75) is 97.8 Å². The molecule has 0 radical (unpaired) electrons. The Kier molecular flexibility index (Phi) is 13.5. The second-order valence-electron chi connectivity index (χ2n) is 12.9. The van der Waals surface area contributed by atoms with Crippen LogP contribution in [0.4, 0.5) is 10.5 Å². The van der Waals surface area contributed by atoms with Crippen molar-refractivity contribution in [3.05, 3.63) is 87.9 Å². The van der Waals surface area contributed by atoms with Crippen LogP contribution in [0.1, 0.15) is 88.1 Å². The van der Waals surface area contributed by atoms with Gasteiger partial charge in [-0.25, -0.2) is 4.79 Å². The highest BCUT2D eigenvalue weighted by molar-refractivity contribution is 6.34. The van der Waals surface area contributed by atoms with Crippen LogP contribution >= 0.6 is 11.6 Å². The summed E-state index contributed by atoms with van der Waals surface area (Å²) in [5, 5.41) is 26.2. The maximum absolute atomic E-state index is 14.7. The first-order valence-corrected chi connectivity index (χ1v) is 16.5. The number of para-hydroxylation sites is 1. The quantitative estimate of drug-likeness (QED) is 0.129. The number of alkyl carbamates (subject to hydrolysis) is 1. The molecule has 254 valence electrons. The van der Waals surface area contributed by atoms with Crippen LogP contribution in [0.15, 0.2) is 60.7 Å². The van der Waals surface area contributed by atoms with Gasteiger partial charge in [-0.2, -0.15) is 0 Å². The SMILES string of the molecule is CCCCCCCN(C(=O)C(Cc1ccc(O)cc1)NC(=O)OC(C)(C)C)C(C(=O)Nc1c(C)cccc1Cl)c1ccc(O)c(C)c1. The Hall–Kier alpha value is -4.24. The van der Waals surface area contributed by atoms with Gasteiger partial charge in [-0.1, -0.05) is 74.5 Å². The van der Waals surface area contributed by atoms with Gasteiger partial charge in [-0.05, 0) is 93.6 Å². The molecule has 0 aliphatic heterocycles. The smallest absolute Gasteiger partial charge is 0.408 e. The fraction of sp³-hybridized carbons (Fsp3) is 0.432. The number of hydrogen-bond acceptors (Lipinski definition) is 6. The summed E-state index contributed by atoms with van der Waals surface area (Å²) in [6.45, 7) is 11.1. The number of amides is 3. The van der Waals surface area contributed by atoms with Gasteiger partial charge in [0.15, 0.2) is 0 Å². The fourth-order valence-electron chi connectivity index (χ4n) is 5.27. The molecule has 0 aliphatic carbocycles. The number of phenolic OH excluding ortho intramolecular Hbond substituents is 2. The monoisotopic (exact) mass is 665 g/mol. The maximum atomic E-state index is 14.7. The highest BCUT2D eigenvalue weighted by Gasteiger charge is 2.37. The summed E-state index contributed by atoms with van der Waals surface area (Å²) >= 11 is 6.50. The van der Waals surface area contributed by atoms with Crippen molar-refractivity contribution in [1.82, 2.24) is 10.2 Å². The first-order valence-electron chi connectivity index (χ1n) is 16.1. The van der Waals surface area contributed by atoms with Crippen LogP contribution in [0.3, 0.4) is 0 Å². The molecule has 2 unspecified atom stereocenters. The van der Waals surface area contributed by atoms with Crippen molar-refractivity contribution >= 4 is 35.2 Å². The average Bonchev–Trinajstić information content (AvgIpc) is 2.99. The number of ether oxygens (including phenoxy) is 1. The number of aryl methyl sites for hydroxylation is 2. The number of nitrogens with one attached hydrogen (secondary N) is 2. The summed E-state index contributed by atoms with van der Waals surface area (Å²) in [5.74, 6) is -0.848. The molecule has 0 bridgehead atoms. The lowest BCUT2D eigenvalue weighted by Crippen LogP contribution is -2.53. The van der Waals surface area contributed by atoms with Crippen molar-refractivity contribution in [2.24, 2.45) is 0 Å². The van der Waals surface area contributed by atoms with Gasteiger partial charge in [0, 0.05) is 13.0 Å². The van der Waals surface area contributed by atoms with Crippen molar-refractivity contribution in [2.75, 3.05) is 11.9 Å². The molecule has 3 amide bonds. The third kappa shape index (κ3) is 11.2. The Bertz CT molecular complexity index is 1500. The minimum absolute atomic E-state index is 0.0593. The van der Waals surface area contributed by atoms with Gasteiger partial charge < -0.3 is 30.5 Å². The van der Waals surface area contributed by atoms with Crippen LogP contribution in [0.2, 0.25) is 5.02 Å². The van der Waals surface area contributed by atoms with Crippen molar-refractivity contribution in [1.29, 1.82) is 0 Å². The Morgan fingerprint density at radius 2 is 1.60 bits per heavy atom. The van der Waals surface area contributed by atoms with E-state index in [1.54, 1.807) is 64.1 Å². The van der Waals surface area contributed by atoms with Gasteiger partial charge in [-0.3, -0.25) is 9.59 Å². The highest BCUT2D eigenvalue weighted by atomic mass is 35.5. The molecule has 3 aromatic carbocycles. The predicted octanol–water partition coefficient (Wildman–Crippen LogP) is 7.98. The van der Waals surface area contributed by atoms with E-state index in [4.69, 9.17) is 16.3 Å². The first kappa shape index (κ1) is 37.2. The largest absolute Gasteiger partial charge is 0.508 e. The van der Waals surface area contributed by atoms with E-state index in [1.807, 2.05) is 13.0 Å². The minimum Gasteiger partial charge on any atom is -0.508 e. The standard InChI is InChI=1S/C37H48ClN3O6/c1-7-8-9-10-11-21-41(35(45)30(39-36(46)47-37(4,5)6)23-26-15-18-28(42)19-16-26)33(27-17-20-31(43)25(3)22-27)34(44)40-32-24(2)13-12-14-29(32)38/h12-20,22,30,33,42-43H,7-11,21,23H2,1-6H3,(H,39,46)(H,40,44). The minimum atomic E-state index is -1.13. The van der Waals surface area contributed by atoms with Gasteiger partial charge in [0.2, 0.25) is 5.91 Å². The first-order chi connectivity index (χ1) is 22.2. The summed E-state index contributed by atoms with van der Waals surface area (Å²) in [5.41, 5.74) is 2.09. The van der Waals surface area contributed by atoms with Crippen LogP contribution in [0, 0.1) is 13.8 Å². The molecule has 0 heterocycles. The van der Waals surface area contributed by atoms with E-state index >= 15 is 0 Å². The van der Waals surface area contributed by atoms with E-state index in [-0.39, 0.29) is 24.5 Å². The van der Waals surface area contributed by atoms with Gasteiger partial charge in [0.05, 0.1) is 10.7 Å². The molecular weight excluding hydrogens is 618 g/mol. The third-order valence-corrected chi connectivity index (χ3v) is 8.03. The molecule has 0 saturated carbocycles. The van der Waals surface area contributed by atoms with Gasteiger partial charge in [0.25, 0.3) is 5.91 Å². The van der Waals surface area contributed by atoms with E-state index in [2.05, 4.69) is 17.6 Å². The van der Waals surface area contributed by atoms with E-state index in [0.717, 1.165) is 31.2 Å². The Morgan fingerprint density at radius 1 is 0.915 bits per heavy atom. The number of benzene rings is 3. The number of carbonyl (C=O) groups excluding carboxylic acids is 3. The molecule has 9 nitrogen and oxygen atoms in total. The Balaban J connectivity index is 2.12. The normalized spacial score (nSPS) is 12.6. The fourth-order valence-corrected chi connectivity index (χ4v) is 5.54. The summed E-state index contributed by atoms with van der Waals surface area (Å²) in [7, 11) is 0. The lowest BCUT2D eigenvalue weighted by Gasteiger charge is -2.35. The van der Waals surface area contributed by atoms with E-state index in [1.165, 1.54) is 23.1 Å². The number of hydrogen-bond donors (Lipinski definition) is 4. The van der Waals surface area contributed by atoms with Crippen LogP contribution in [-0.4, -0.2) is 51.2 Å². The summed E-state index contributed by atoms with van der Waals surface area (Å²) in [4.78, 5) is 43.7. The number of carbonyl (C=O) groups is 3. The number of aromatic hydroxyl groups is 2. The molecule has 0 saturated heterocycles. The Morgan fingerprint density at radius 3 is 2.21 bits per heavy atom. The molecule has 3 rings (SSSR count). The molecule has 47 heavy (non-hydrogen) atoms.